The van der Waals surface area contributed by atoms with Crippen molar-refractivity contribution < 1.29 is 18.7 Å². The second kappa shape index (κ2) is 3.89. The minimum Gasteiger partial charge on any atom is -0.460 e. The first-order valence-corrected chi connectivity index (χ1v) is 3.91. The summed E-state index contributed by atoms with van der Waals surface area (Å²) in [6.07, 6.45) is 0.551. The Morgan fingerprint density at radius 3 is 2.85 bits per heavy atom. The first kappa shape index (κ1) is 9.51. The van der Waals surface area contributed by atoms with Crippen LogP contribution in [0.15, 0.2) is 10.5 Å². The molecule has 1 aromatic rings. The number of ether oxygens (including phenoxy) is 1. The fourth-order valence-electron chi connectivity index (χ4n) is 0.964. The van der Waals surface area contributed by atoms with Crippen LogP contribution in [-0.4, -0.2) is 18.9 Å². The van der Waals surface area contributed by atoms with E-state index >= 15 is 0 Å². The number of carbonyl (C=O) groups is 2. The van der Waals surface area contributed by atoms with Crippen molar-refractivity contribution in [3.63, 3.8) is 0 Å². The highest BCUT2D eigenvalue weighted by Crippen LogP contribution is 2.13. The van der Waals surface area contributed by atoms with Gasteiger partial charge in [0.05, 0.1) is 6.61 Å². The second-order valence-corrected chi connectivity index (χ2v) is 2.50. The summed E-state index contributed by atoms with van der Waals surface area (Å²) in [5, 5.41) is 0. The first-order valence-electron chi connectivity index (χ1n) is 3.91. The lowest BCUT2D eigenvalue weighted by molar-refractivity contribution is 0.0488. The van der Waals surface area contributed by atoms with E-state index in [1.807, 2.05) is 0 Å². The molecule has 1 aromatic heterocycles. The lowest BCUT2D eigenvalue weighted by Crippen LogP contribution is -2.04. The van der Waals surface area contributed by atoms with Crippen LogP contribution in [-0.2, 0) is 4.74 Å². The van der Waals surface area contributed by atoms with E-state index in [0.717, 1.165) is 0 Å². The molecule has 4 heteroatoms. The third-order valence-corrected chi connectivity index (χ3v) is 1.51. The molecular formula is C9H10O4. The van der Waals surface area contributed by atoms with Crippen molar-refractivity contribution in [2.75, 3.05) is 6.61 Å². The summed E-state index contributed by atoms with van der Waals surface area (Å²) in [4.78, 5) is 21.5. The van der Waals surface area contributed by atoms with Crippen LogP contribution >= 0.6 is 0 Å². The summed E-state index contributed by atoms with van der Waals surface area (Å²) in [5.74, 6) is -0.294. The maximum absolute atomic E-state index is 11.2. The van der Waals surface area contributed by atoms with Crippen molar-refractivity contribution in [1.29, 1.82) is 0 Å². The van der Waals surface area contributed by atoms with E-state index in [4.69, 9.17) is 9.15 Å². The summed E-state index contributed by atoms with van der Waals surface area (Å²) in [7, 11) is 0. The fourth-order valence-corrected chi connectivity index (χ4v) is 0.964. The van der Waals surface area contributed by atoms with Gasteiger partial charge < -0.3 is 9.15 Å². The van der Waals surface area contributed by atoms with Crippen molar-refractivity contribution in [1.82, 2.24) is 0 Å². The SMILES string of the molecule is CCOC(=O)c1oc(C=O)cc1C. The Bertz CT molecular complexity index is 324. The van der Waals surface area contributed by atoms with Crippen molar-refractivity contribution in [3.8, 4) is 0 Å². The number of hydrogen-bond acceptors (Lipinski definition) is 4. The summed E-state index contributed by atoms with van der Waals surface area (Å²) in [5.41, 5.74) is 0.612. The van der Waals surface area contributed by atoms with Gasteiger partial charge in [0, 0.05) is 5.56 Å². The van der Waals surface area contributed by atoms with Crippen LogP contribution in [0.4, 0.5) is 0 Å². The van der Waals surface area contributed by atoms with Crippen molar-refractivity contribution in [2.24, 2.45) is 0 Å². The predicted octanol–water partition coefficient (Wildman–Crippen LogP) is 1.58. The molecule has 4 nitrogen and oxygen atoms in total. The summed E-state index contributed by atoms with van der Waals surface area (Å²) < 4.78 is 9.65. The molecular weight excluding hydrogens is 172 g/mol. The fraction of sp³-hybridized carbons (Fsp3) is 0.333. The van der Waals surface area contributed by atoms with Crippen LogP contribution in [0.5, 0.6) is 0 Å². The van der Waals surface area contributed by atoms with Crippen molar-refractivity contribution in [3.05, 3.63) is 23.2 Å². The minimum absolute atomic E-state index is 0.101. The lowest BCUT2D eigenvalue weighted by Gasteiger charge is -1.97. The number of esters is 1. The van der Waals surface area contributed by atoms with E-state index in [1.165, 1.54) is 6.07 Å². The number of aldehydes is 1. The van der Waals surface area contributed by atoms with E-state index in [0.29, 0.717) is 11.8 Å². The molecule has 0 aromatic carbocycles. The van der Waals surface area contributed by atoms with Crippen LogP contribution in [0, 0.1) is 6.92 Å². The molecule has 0 bridgehead atoms. The molecule has 0 aliphatic heterocycles. The van der Waals surface area contributed by atoms with E-state index in [9.17, 15) is 9.59 Å². The van der Waals surface area contributed by atoms with Gasteiger partial charge in [-0.25, -0.2) is 4.79 Å². The van der Waals surface area contributed by atoms with Gasteiger partial charge in [-0.2, -0.15) is 0 Å². The van der Waals surface area contributed by atoms with Gasteiger partial charge in [0.2, 0.25) is 5.76 Å². The minimum atomic E-state index is -0.534. The lowest BCUT2D eigenvalue weighted by atomic mass is 10.3. The largest absolute Gasteiger partial charge is 0.460 e. The van der Waals surface area contributed by atoms with Gasteiger partial charge in [-0.15, -0.1) is 0 Å². The normalized spacial score (nSPS) is 9.69. The zero-order chi connectivity index (χ0) is 9.84. The Balaban J connectivity index is 2.93. The molecule has 0 unspecified atom stereocenters. The third kappa shape index (κ3) is 1.96. The molecule has 70 valence electrons. The molecule has 0 aliphatic rings. The quantitative estimate of drug-likeness (QED) is 0.526. The topological polar surface area (TPSA) is 56.5 Å². The van der Waals surface area contributed by atoms with Crippen LogP contribution < -0.4 is 0 Å². The highest BCUT2D eigenvalue weighted by atomic mass is 16.5. The van der Waals surface area contributed by atoms with Crippen molar-refractivity contribution in [2.45, 2.75) is 13.8 Å². The number of aryl methyl sites for hydroxylation is 1. The zero-order valence-electron chi connectivity index (χ0n) is 7.49. The molecule has 0 amide bonds. The van der Waals surface area contributed by atoms with Crippen LogP contribution in [0.3, 0.4) is 0 Å². The van der Waals surface area contributed by atoms with Gasteiger partial charge in [-0.3, -0.25) is 4.79 Å². The Morgan fingerprint density at radius 2 is 2.38 bits per heavy atom. The number of carbonyl (C=O) groups excluding carboxylic acids is 2. The monoisotopic (exact) mass is 182 g/mol. The van der Waals surface area contributed by atoms with Crippen LogP contribution in [0.1, 0.15) is 33.6 Å². The van der Waals surface area contributed by atoms with Gasteiger partial charge in [-0.05, 0) is 19.9 Å². The summed E-state index contributed by atoms with van der Waals surface area (Å²) >= 11 is 0. The van der Waals surface area contributed by atoms with Gasteiger partial charge >= 0.3 is 5.97 Å². The van der Waals surface area contributed by atoms with E-state index in [1.54, 1.807) is 13.8 Å². The molecule has 0 saturated heterocycles. The van der Waals surface area contributed by atoms with Crippen LogP contribution in [0.2, 0.25) is 0 Å². The maximum atomic E-state index is 11.2. The van der Waals surface area contributed by atoms with Crippen molar-refractivity contribution >= 4 is 12.3 Å². The maximum Gasteiger partial charge on any atom is 0.374 e. The Kier molecular flexibility index (Phi) is 2.84. The molecule has 0 atom stereocenters. The molecule has 0 saturated carbocycles. The van der Waals surface area contributed by atoms with E-state index in [-0.39, 0.29) is 18.1 Å². The molecule has 0 spiro atoms. The zero-order valence-corrected chi connectivity index (χ0v) is 7.49. The summed E-state index contributed by atoms with van der Waals surface area (Å²) in [6, 6.07) is 1.50. The average Bonchev–Trinajstić information content (AvgIpc) is 2.47. The number of hydrogen-bond donors (Lipinski definition) is 0. The number of rotatable bonds is 3. The van der Waals surface area contributed by atoms with E-state index in [2.05, 4.69) is 0 Å². The predicted molar refractivity (Wildman–Crippen MR) is 44.8 cm³/mol. The summed E-state index contributed by atoms with van der Waals surface area (Å²) in [6.45, 7) is 3.68. The Labute approximate surface area is 75.5 Å². The molecule has 0 radical (unpaired) electrons. The average molecular weight is 182 g/mol. The molecule has 0 N–H and O–H groups in total. The molecule has 1 heterocycles. The smallest absolute Gasteiger partial charge is 0.374 e. The molecule has 1 rings (SSSR count). The molecule has 13 heavy (non-hydrogen) atoms. The molecule has 0 aliphatic carbocycles. The highest BCUT2D eigenvalue weighted by Gasteiger charge is 2.15. The van der Waals surface area contributed by atoms with Crippen LogP contribution in [0.25, 0.3) is 0 Å². The van der Waals surface area contributed by atoms with E-state index < -0.39 is 5.97 Å². The number of furan rings is 1. The van der Waals surface area contributed by atoms with Gasteiger partial charge in [-0.1, -0.05) is 0 Å². The second-order valence-electron chi connectivity index (χ2n) is 2.50. The van der Waals surface area contributed by atoms with Gasteiger partial charge in [0.15, 0.2) is 12.0 Å². The standard InChI is InChI=1S/C9H10O4/c1-3-12-9(11)8-6(2)4-7(5-10)13-8/h4-5H,3H2,1-2H3. The first-order chi connectivity index (χ1) is 6.19. The van der Waals surface area contributed by atoms with Gasteiger partial charge in [0.25, 0.3) is 0 Å². The molecule has 0 fully saturated rings. The third-order valence-electron chi connectivity index (χ3n) is 1.51. The van der Waals surface area contributed by atoms with Gasteiger partial charge in [0.1, 0.15) is 0 Å². The Hall–Kier alpha value is -1.58. The highest BCUT2D eigenvalue weighted by molar-refractivity contribution is 5.89. The Morgan fingerprint density at radius 1 is 1.69 bits per heavy atom.